The Morgan fingerprint density at radius 3 is 1.88 bits per heavy atom. The molecule has 4 saturated carbocycles. The third-order valence-electron chi connectivity index (χ3n) is 8.34. The Hall–Kier alpha value is -1.46. The fourth-order valence-corrected chi connectivity index (χ4v) is 7.09. The predicted octanol–water partition coefficient (Wildman–Crippen LogP) is 2.99. The van der Waals surface area contributed by atoms with E-state index in [2.05, 4.69) is 5.32 Å². The Labute approximate surface area is 155 Å². The molecule has 0 aromatic heterocycles. The third kappa shape index (κ3) is 2.76. The Kier molecular flexibility index (Phi) is 3.87. The zero-order chi connectivity index (χ0) is 17.9. The van der Waals surface area contributed by atoms with Gasteiger partial charge in [0.1, 0.15) is 0 Å². The highest BCUT2D eigenvalue weighted by molar-refractivity contribution is 5.74. The SMILES string of the molecule is O=C(O)N1CCC2(CCN(C(=O)NC3C4CC5CC(C4)CC3C5)CC2)C1. The molecular weight excluding hydrogens is 330 g/mol. The number of piperidine rings is 1. The van der Waals surface area contributed by atoms with Gasteiger partial charge >= 0.3 is 12.1 Å². The number of urea groups is 1. The van der Waals surface area contributed by atoms with Crippen molar-refractivity contribution in [1.82, 2.24) is 15.1 Å². The second kappa shape index (κ2) is 6.03. The van der Waals surface area contributed by atoms with Crippen molar-refractivity contribution in [3.8, 4) is 0 Å². The van der Waals surface area contributed by atoms with Gasteiger partial charge in [-0.05, 0) is 80.5 Å². The maximum Gasteiger partial charge on any atom is 0.407 e. The number of likely N-dealkylation sites (tertiary alicyclic amines) is 2. The smallest absolute Gasteiger partial charge is 0.407 e. The van der Waals surface area contributed by atoms with Gasteiger partial charge in [0, 0.05) is 32.2 Å². The molecular formula is C20H31N3O3. The topological polar surface area (TPSA) is 72.9 Å². The van der Waals surface area contributed by atoms with Crippen LogP contribution in [-0.2, 0) is 0 Å². The number of carbonyl (C=O) groups is 2. The minimum Gasteiger partial charge on any atom is -0.465 e. The molecule has 1 spiro atoms. The van der Waals surface area contributed by atoms with Gasteiger partial charge in [-0.2, -0.15) is 0 Å². The van der Waals surface area contributed by atoms with Gasteiger partial charge in [0.2, 0.25) is 0 Å². The number of amides is 3. The van der Waals surface area contributed by atoms with E-state index in [1.165, 1.54) is 32.1 Å². The first kappa shape index (κ1) is 16.7. The van der Waals surface area contributed by atoms with Crippen LogP contribution in [0, 0.1) is 29.1 Å². The highest BCUT2D eigenvalue weighted by atomic mass is 16.4. The van der Waals surface area contributed by atoms with Crippen molar-refractivity contribution in [2.75, 3.05) is 26.2 Å². The molecule has 0 unspecified atom stereocenters. The molecule has 2 aliphatic heterocycles. The lowest BCUT2D eigenvalue weighted by atomic mass is 9.54. The van der Waals surface area contributed by atoms with E-state index >= 15 is 0 Å². The molecule has 4 aliphatic carbocycles. The Bertz CT molecular complexity index is 571. The molecule has 6 heteroatoms. The molecule has 26 heavy (non-hydrogen) atoms. The second-order valence-electron chi connectivity index (χ2n) is 9.85. The summed E-state index contributed by atoms with van der Waals surface area (Å²) in [5.41, 5.74) is 0.109. The monoisotopic (exact) mass is 361 g/mol. The molecule has 0 aromatic carbocycles. The summed E-state index contributed by atoms with van der Waals surface area (Å²) in [6, 6.07) is 0.533. The summed E-state index contributed by atoms with van der Waals surface area (Å²) < 4.78 is 0. The van der Waals surface area contributed by atoms with Gasteiger partial charge in [0.05, 0.1) is 0 Å². The first-order valence-electron chi connectivity index (χ1n) is 10.5. The fourth-order valence-electron chi connectivity index (χ4n) is 7.09. The predicted molar refractivity (Wildman–Crippen MR) is 96.8 cm³/mol. The highest BCUT2D eigenvalue weighted by Gasteiger charge is 2.49. The van der Waals surface area contributed by atoms with Crippen LogP contribution in [0.2, 0.25) is 0 Å². The van der Waals surface area contributed by atoms with E-state index in [1.807, 2.05) is 4.90 Å². The Balaban J connectivity index is 1.16. The molecule has 2 saturated heterocycles. The summed E-state index contributed by atoms with van der Waals surface area (Å²) >= 11 is 0. The van der Waals surface area contributed by atoms with Crippen LogP contribution in [0.3, 0.4) is 0 Å². The van der Waals surface area contributed by atoms with Crippen LogP contribution in [0.1, 0.15) is 51.4 Å². The van der Waals surface area contributed by atoms with E-state index in [9.17, 15) is 14.7 Å². The van der Waals surface area contributed by atoms with E-state index in [0.717, 1.165) is 44.2 Å². The molecule has 0 radical (unpaired) electrons. The zero-order valence-corrected chi connectivity index (χ0v) is 15.5. The molecule has 144 valence electrons. The van der Waals surface area contributed by atoms with E-state index in [0.29, 0.717) is 31.0 Å². The van der Waals surface area contributed by atoms with E-state index in [4.69, 9.17) is 0 Å². The molecule has 3 amide bonds. The summed E-state index contributed by atoms with van der Waals surface area (Å²) in [6.45, 7) is 2.84. The zero-order valence-electron chi connectivity index (χ0n) is 15.5. The van der Waals surface area contributed by atoms with E-state index in [-0.39, 0.29) is 11.4 Å². The molecule has 6 rings (SSSR count). The van der Waals surface area contributed by atoms with Crippen molar-refractivity contribution in [1.29, 1.82) is 0 Å². The van der Waals surface area contributed by atoms with Crippen molar-refractivity contribution < 1.29 is 14.7 Å². The van der Waals surface area contributed by atoms with Crippen LogP contribution < -0.4 is 5.32 Å². The number of nitrogens with one attached hydrogen (secondary N) is 1. The van der Waals surface area contributed by atoms with Crippen LogP contribution in [-0.4, -0.2) is 59.3 Å². The number of carbonyl (C=O) groups excluding carboxylic acids is 1. The molecule has 0 aromatic rings. The summed E-state index contributed by atoms with van der Waals surface area (Å²) in [5.74, 6) is 3.29. The Morgan fingerprint density at radius 2 is 1.38 bits per heavy atom. The van der Waals surface area contributed by atoms with Crippen molar-refractivity contribution >= 4 is 12.1 Å². The minimum absolute atomic E-state index is 0.109. The summed E-state index contributed by atoms with van der Waals surface area (Å²) in [7, 11) is 0. The van der Waals surface area contributed by atoms with Gasteiger partial charge in [0.25, 0.3) is 0 Å². The van der Waals surface area contributed by atoms with Crippen molar-refractivity contribution in [2.24, 2.45) is 29.1 Å². The normalized spacial score (nSPS) is 40.2. The van der Waals surface area contributed by atoms with Gasteiger partial charge in [-0.3, -0.25) is 0 Å². The Morgan fingerprint density at radius 1 is 0.846 bits per heavy atom. The summed E-state index contributed by atoms with van der Waals surface area (Å²) in [6.07, 6.45) is 8.76. The van der Waals surface area contributed by atoms with E-state index in [1.54, 1.807) is 4.90 Å². The molecule has 6 fully saturated rings. The number of hydrogen-bond acceptors (Lipinski definition) is 2. The quantitative estimate of drug-likeness (QED) is 0.754. The standard InChI is InChI=1S/C20H31N3O3/c24-18(21-17-15-8-13-7-14(10-15)11-16(17)9-13)22-4-1-20(2-5-22)3-6-23(12-20)19(25)26/h13-17H,1-12H2,(H,21,24)(H,25,26). The maximum atomic E-state index is 12.9. The van der Waals surface area contributed by atoms with E-state index < -0.39 is 6.09 Å². The van der Waals surface area contributed by atoms with Crippen molar-refractivity contribution in [3.05, 3.63) is 0 Å². The van der Waals surface area contributed by atoms with Crippen molar-refractivity contribution in [3.63, 3.8) is 0 Å². The third-order valence-corrected chi connectivity index (χ3v) is 8.34. The van der Waals surface area contributed by atoms with Gasteiger partial charge in [0.15, 0.2) is 0 Å². The lowest BCUT2D eigenvalue weighted by Crippen LogP contribution is -2.59. The lowest BCUT2D eigenvalue weighted by molar-refractivity contribution is -0.0118. The van der Waals surface area contributed by atoms with Gasteiger partial charge in [-0.25, -0.2) is 9.59 Å². The van der Waals surface area contributed by atoms with Crippen LogP contribution in [0.4, 0.5) is 9.59 Å². The first-order valence-corrected chi connectivity index (χ1v) is 10.5. The highest BCUT2D eigenvalue weighted by Crippen LogP contribution is 2.53. The molecule has 6 nitrogen and oxygen atoms in total. The maximum absolute atomic E-state index is 12.9. The second-order valence-corrected chi connectivity index (χ2v) is 9.85. The van der Waals surface area contributed by atoms with Gasteiger partial charge < -0.3 is 20.2 Å². The molecule has 0 atom stereocenters. The van der Waals surface area contributed by atoms with Crippen molar-refractivity contribution in [2.45, 2.75) is 57.4 Å². The molecule has 6 aliphatic rings. The average molecular weight is 361 g/mol. The fraction of sp³-hybridized carbons (Fsp3) is 0.900. The van der Waals surface area contributed by atoms with Crippen LogP contribution in [0.5, 0.6) is 0 Å². The van der Waals surface area contributed by atoms with Gasteiger partial charge in [-0.15, -0.1) is 0 Å². The van der Waals surface area contributed by atoms with Crippen LogP contribution >= 0.6 is 0 Å². The number of nitrogens with zero attached hydrogens (tertiary/aromatic N) is 2. The molecule has 2 N–H and O–H groups in total. The number of hydrogen-bond donors (Lipinski definition) is 2. The molecule has 2 heterocycles. The minimum atomic E-state index is -0.802. The summed E-state index contributed by atoms with van der Waals surface area (Å²) in [5, 5.41) is 12.6. The molecule has 4 bridgehead atoms. The lowest BCUT2D eigenvalue weighted by Gasteiger charge is -2.54. The number of rotatable bonds is 1. The summed E-state index contributed by atoms with van der Waals surface area (Å²) in [4.78, 5) is 27.6. The van der Waals surface area contributed by atoms with Gasteiger partial charge in [-0.1, -0.05) is 0 Å². The number of carboxylic acid groups (broad SMARTS) is 1. The van der Waals surface area contributed by atoms with Crippen LogP contribution in [0.15, 0.2) is 0 Å². The average Bonchev–Trinajstić information content (AvgIpc) is 3.02. The van der Waals surface area contributed by atoms with Crippen LogP contribution in [0.25, 0.3) is 0 Å². The first-order chi connectivity index (χ1) is 12.5. The largest absolute Gasteiger partial charge is 0.465 e.